The zero-order valence-electron chi connectivity index (χ0n) is 15.3. The molecule has 1 aliphatic rings. The van der Waals surface area contributed by atoms with E-state index in [2.05, 4.69) is 52.5 Å². The topological polar surface area (TPSA) is 38.1 Å². The highest BCUT2D eigenvalue weighted by atomic mass is 16.2. The molecule has 1 aromatic heterocycles. The maximum Gasteiger partial charge on any atom is 0.223 e. The summed E-state index contributed by atoms with van der Waals surface area (Å²) in [6.07, 6.45) is 8.34. The first kappa shape index (κ1) is 16.8. The molecule has 1 aliphatic heterocycles. The molecule has 3 aromatic rings. The molecule has 1 saturated heterocycles. The van der Waals surface area contributed by atoms with E-state index in [-0.39, 0.29) is 5.91 Å². The third kappa shape index (κ3) is 3.64. The number of likely N-dealkylation sites (tertiary alicyclic amines) is 1. The second-order valence-corrected chi connectivity index (χ2v) is 7.29. The SMILES string of the molecule is Cn1cc(CCC(=O)N2CCC[C@H]2Cc2ccc3ccccc3c2)cn1. The van der Waals surface area contributed by atoms with Crippen molar-refractivity contribution in [3.8, 4) is 0 Å². The quantitative estimate of drug-likeness (QED) is 0.705. The Morgan fingerprint density at radius 3 is 2.81 bits per heavy atom. The van der Waals surface area contributed by atoms with Gasteiger partial charge < -0.3 is 4.90 Å². The van der Waals surface area contributed by atoms with Crippen molar-refractivity contribution < 1.29 is 4.79 Å². The largest absolute Gasteiger partial charge is 0.339 e. The van der Waals surface area contributed by atoms with Crippen molar-refractivity contribution in [2.24, 2.45) is 7.05 Å². The number of hydrogen-bond acceptors (Lipinski definition) is 2. The Morgan fingerprint density at radius 1 is 1.15 bits per heavy atom. The Morgan fingerprint density at radius 2 is 2.00 bits per heavy atom. The lowest BCUT2D eigenvalue weighted by molar-refractivity contribution is -0.131. The normalized spacial score (nSPS) is 17.1. The van der Waals surface area contributed by atoms with Crippen LogP contribution in [0, 0.1) is 0 Å². The van der Waals surface area contributed by atoms with Crippen LogP contribution in [-0.4, -0.2) is 33.2 Å². The Labute approximate surface area is 154 Å². The summed E-state index contributed by atoms with van der Waals surface area (Å²) in [4.78, 5) is 14.8. The van der Waals surface area contributed by atoms with Gasteiger partial charge >= 0.3 is 0 Å². The molecule has 1 atom stereocenters. The number of fused-ring (bicyclic) bond motifs is 1. The molecule has 0 N–H and O–H groups in total. The number of nitrogens with zero attached hydrogens (tertiary/aromatic N) is 3. The molecule has 0 saturated carbocycles. The molecule has 0 bridgehead atoms. The van der Waals surface area contributed by atoms with Gasteiger partial charge in [-0.1, -0.05) is 42.5 Å². The van der Waals surface area contributed by atoms with Gasteiger partial charge in [0.05, 0.1) is 6.20 Å². The number of benzene rings is 2. The van der Waals surface area contributed by atoms with Gasteiger partial charge in [-0.2, -0.15) is 5.10 Å². The van der Waals surface area contributed by atoms with Crippen molar-refractivity contribution in [1.29, 1.82) is 0 Å². The zero-order valence-corrected chi connectivity index (χ0v) is 15.3. The minimum atomic E-state index is 0.275. The molecule has 0 unspecified atom stereocenters. The molecule has 4 heteroatoms. The minimum Gasteiger partial charge on any atom is -0.339 e. The number of rotatable bonds is 5. The van der Waals surface area contributed by atoms with E-state index in [1.165, 1.54) is 16.3 Å². The summed E-state index contributed by atoms with van der Waals surface area (Å²) in [6.45, 7) is 0.893. The van der Waals surface area contributed by atoms with Crippen molar-refractivity contribution in [2.45, 2.75) is 38.1 Å². The van der Waals surface area contributed by atoms with Gasteiger partial charge in [-0.3, -0.25) is 9.48 Å². The first-order valence-electron chi connectivity index (χ1n) is 9.44. The van der Waals surface area contributed by atoms with E-state index in [4.69, 9.17) is 0 Å². The van der Waals surface area contributed by atoms with Crippen LogP contribution < -0.4 is 0 Å². The van der Waals surface area contributed by atoms with Gasteiger partial charge in [-0.15, -0.1) is 0 Å². The molecule has 0 spiro atoms. The second-order valence-electron chi connectivity index (χ2n) is 7.29. The molecule has 0 radical (unpaired) electrons. The van der Waals surface area contributed by atoms with Crippen molar-refractivity contribution >= 4 is 16.7 Å². The Kier molecular flexibility index (Phi) is 4.74. The van der Waals surface area contributed by atoms with E-state index in [1.54, 1.807) is 4.68 Å². The number of hydrogen-bond donors (Lipinski definition) is 0. The second kappa shape index (κ2) is 7.32. The van der Waals surface area contributed by atoms with Gasteiger partial charge in [0.1, 0.15) is 0 Å². The van der Waals surface area contributed by atoms with Crippen LogP contribution in [0.5, 0.6) is 0 Å². The summed E-state index contributed by atoms with van der Waals surface area (Å²) in [5.74, 6) is 0.275. The van der Waals surface area contributed by atoms with Crippen molar-refractivity contribution in [3.05, 3.63) is 66.0 Å². The molecular formula is C22H25N3O. The Hall–Kier alpha value is -2.62. The van der Waals surface area contributed by atoms with Crippen LogP contribution >= 0.6 is 0 Å². The molecule has 0 aliphatic carbocycles. The Bertz CT molecular complexity index is 914. The molecule has 4 rings (SSSR count). The van der Waals surface area contributed by atoms with Crippen LogP contribution in [0.3, 0.4) is 0 Å². The van der Waals surface area contributed by atoms with Gasteiger partial charge in [-0.25, -0.2) is 0 Å². The molecule has 1 fully saturated rings. The summed E-state index contributed by atoms with van der Waals surface area (Å²) in [5, 5.41) is 6.73. The Balaban J connectivity index is 1.41. The first-order valence-corrected chi connectivity index (χ1v) is 9.44. The van der Waals surface area contributed by atoms with E-state index in [9.17, 15) is 4.79 Å². The molecular weight excluding hydrogens is 322 g/mol. The number of carbonyl (C=O) groups excluding carboxylic acids is 1. The highest BCUT2D eigenvalue weighted by molar-refractivity contribution is 5.83. The molecule has 26 heavy (non-hydrogen) atoms. The monoisotopic (exact) mass is 347 g/mol. The predicted molar refractivity (Wildman–Crippen MR) is 104 cm³/mol. The molecule has 2 heterocycles. The molecule has 2 aromatic carbocycles. The maximum absolute atomic E-state index is 12.7. The lowest BCUT2D eigenvalue weighted by Crippen LogP contribution is -2.36. The molecule has 4 nitrogen and oxygen atoms in total. The van der Waals surface area contributed by atoms with Crippen LogP contribution in [0.2, 0.25) is 0 Å². The van der Waals surface area contributed by atoms with Crippen LogP contribution in [0.1, 0.15) is 30.4 Å². The third-order valence-electron chi connectivity index (χ3n) is 5.37. The third-order valence-corrected chi connectivity index (χ3v) is 5.37. The van der Waals surface area contributed by atoms with Gasteiger partial charge in [0.2, 0.25) is 5.91 Å². The average molecular weight is 347 g/mol. The van der Waals surface area contributed by atoms with E-state index in [0.717, 1.165) is 37.8 Å². The van der Waals surface area contributed by atoms with Crippen LogP contribution in [0.15, 0.2) is 54.9 Å². The van der Waals surface area contributed by atoms with Crippen molar-refractivity contribution in [1.82, 2.24) is 14.7 Å². The van der Waals surface area contributed by atoms with E-state index in [0.29, 0.717) is 12.5 Å². The van der Waals surface area contributed by atoms with E-state index < -0.39 is 0 Å². The lowest BCUT2D eigenvalue weighted by Gasteiger charge is -2.25. The minimum absolute atomic E-state index is 0.275. The number of aryl methyl sites for hydroxylation is 2. The summed E-state index contributed by atoms with van der Waals surface area (Å²) < 4.78 is 1.79. The van der Waals surface area contributed by atoms with Crippen LogP contribution in [0.4, 0.5) is 0 Å². The molecule has 1 amide bonds. The lowest BCUT2D eigenvalue weighted by atomic mass is 10.00. The van der Waals surface area contributed by atoms with Crippen molar-refractivity contribution in [2.75, 3.05) is 6.54 Å². The maximum atomic E-state index is 12.7. The van der Waals surface area contributed by atoms with Gasteiger partial charge in [-0.05, 0) is 47.6 Å². The molecule has 134 valence electrons. The van der Waals surface area contributed by atoms with Crippen molar-refractivity contribution in [3.63, 3.8) is 0 Å². The van der Waals surface area contributed by atoms with Gasteiger partial charge in [0, 0.05) is 32.3 Å². The summed E-state index contributed by atoms with van der Waals surface area (Å²) >= 11 is 0. The van der Waals surface area contributed by atoms with Crippen LogP contribution in [0.25, 0.3) is 10.8 Å². The van der Waals surface area contributed by atoms with Crippen LogP contribution in [-0.2, 0) is 24.7 Å². The average Bonchev–Trinajstić information content (AvgIpc) is 3.28. The number of carbonyl (C=O) groups is 1. The number of aromatic nitrogens is 2. The summed E-state index contributed by atoms with van der Waals surface area (Å²) in [5.41, 5.74) is 2.45. The predicted octanol–water partition coefficient (Wildman–Crippen LogP) is 3.74. The zero-order chi connectivity index (χ0) is 17.9. The fourth-order valence-corrected chi connectivity index (χ4v) is 4.01. The highest BCUT2D eigenvalue weighted by Gasteiger charge is 2.28. The first-order chi connectivity index (χ1) is 12.7. The highest BCUT2D eigenvalue weighted by Crippen LogP contribution is 2.24. The fourth-order valence-electron chi connectivity index (χ4n) is 4.01. The van der Waals surface area contributed by atoms with Gasteiger partial charge in [0.15, 0.2) is 0 Å². The summed E-state index contributed by atoms with van der Waals surface area (Å²) in [6, 6.07) is 15.4. The van der Waals surface area contributed by atoms with E-state index >= 15 is 0 Å². The number of amides is 1. The van der Waals surface area contributed by atoms with Gasteiger partial charge in [0.25, 0.3) is 0 Å². The smallest absolute Gasteiger partial charge is 0.223 e. The van der Waals surface area contributed by atoms with E-state index in [1.807, 2.05) is 19.4 Å². The fraction of sp³-hybridized carbons (Fsp3) is 0.364. The standard InChI is InChI=1S/C22H25N3O/c1-24-16-18(15-23-24)9-11-22(26)25-12-4-7-21(25)14-17-8-10-19-5-2-3-6-20(19)13-17/h2-3,5-6,8,10,13,15-16,21H,4,7,9,11-12,14H2,1H3/t21-/m0/s1. The summed E-state index contributed by atoms with van der Waals surface area (Å²) in [7, 11) is 1.91.